The van der Waals surface area contributed by atoms with Crippen molar-refractivity contribution in [3.63, 3.8) is 0 Å². The van der Waals surface area contributed by atoms with Crippen molar-refractivity contribution in [2.45, 2.75) is 126 Å². The highest BCUT2D eigenvalue weighted by Crippen LogP contribution is 2.46. The number of carbonyl (C=O) groups excluding carboxylic acids is 6. The minimum absolute atomic E-state index is 0.0450. The van der Waals surface area contributed by atoms with Gasteiger partial charge in [0.15, 0.2) is 0 Å². The molecular weight excluding hydrogens is 764 g/mol. The van der Waals surface area contributed by atoms with Gasteiger partial charge in [-0.25, -0.2) is 22.4 Å². The number of sulfonamides is 1. The Bertz CT molecular complexity index is 1970. The molecule has 2 saturated carbocycles. The van der Waals surface area contributed by atoms with Gasteiger partial charge in [0.05, 0.1) is 18.3 Å². The van der Waals surface area contributed by atoms with Gasteiger partial charge in [0.2, 0.25) is 27.7 Å². The molecule has 1 aromatic carbocycles. The first-order valence-electron chi connectivity index (χ1n) is 19.3. The van der Waals surface area contributed by atoms with E-state index in [1.54, 1.807) is 46.0 Å². The normalized spacial score (nSPS) is 28.3. The van der Waals surface area contributed by atoms with Gasteiger partial charge in [0, 0.05) is 37.5 Å². The molecule has 3 N–H and O–H groups in total. The molecule has 0 bridgehead atoms. The van der Waals surface area contributed by atoms with Crippen molar-refractivity contribution in [3.8, 4) is 0 Å². The first-order valence-corrected chi connectivity index (χ1v) is 20.8. The maximum atomic E-state index is 14.8. The minimum atomic E-state index is -3.98. The number of ether oxygens (including phenoxy) is 2. The van der Waals surface area contributed by atoms with Crippen LogP contribution < -0.4 is 15.4 Å². The van der Waals surface area contributed by atoms with E-state index in [4.69, 9.17) is 9.47 Å². The first-order chi connectivity index (χ1) is 26.8. The second-order valence-corrected chi connectivity index (χ2v) is 18.5. The predicted molar refractivity (Wildman–Crippen MR) is 203 cm³/mol. The van der Waals surface area contributed by atoms with Crippen LogP contribution in [0.4, 0.5) is 14.0 Å². The van der Waals surface area contributed by atoms with Gasteiger partial charge in [-0.2, -0.15) is 0 Å². The Labute approximate surface area is 331 Å². The van der Waals surface area contributed by atoms with Crippen molar-refractivity contribution < 1.29 is 51.0 Å². The van der Waals surface area contributed by atoms with Crippen molar-refractivity contribution in [2.75, 3.05) is 13.6 Å². The van der Waals surface area contributed by atoms with E-state index >= 15 is 0 Å². The topological polar surface area (TPSA) is 201 Å². The van der Waals surface area contributed by atoms with Crippen LogP contribution >= 0.6 is 0 Å². The number of likely N-dealkylation sites (N-methyl/N-ethyl adjacent to an activating group) is 1. The third kappa shape index (κ3) is 9.42. The number of nitrogens with one attached hydrogen (secondary N) is 3. The van der Waals surface area contributed by atoms with E-state index in [1.165, 1.54) is 20.8 Å². The highest BCUT2D eigenvalue weighted by molar-refractivity contribution is 7.91. The molecule has 1 aromatic rings. The maximum Gasteiger partial charge on any atom is 0.410 e. The van der Waals surface area contributed by atoms with E-state index < -0.39 is 98.2 Å². The van der Waals surface area contributed by atoms with Gasteiger partial charge in [0.25, 0.3) is 5.91 Å². The van der Waals surface area contributed by atoms with Crippen LogP contribution in [-0.2, 0) is 51.8 Å². The van der Waals surface area contributed by atoms with Crippen molar-refractivity contribution in [3.05, 3.63) is 60.0 Å². The Kier molecular flexibility index (Phi) is 11.8. The van der Waals surface area contributed by atoms with Crippen LogP contribution in [0, 0.1) is 11.7 Å². The number of allylic oxidation sites excluding steroid dienone is 1. The highest BCUT2D eigenvalue weighted by atomic mass is 32.2. The molecule has 1 saturated heterocycles. The Morgan fingerprint density at radius 3 is 2.51 bits per heavy atom. The lowest BCUT2D eigenvalue weighted by Gasteiger charge is -2.34. The minimum Gasteiger partial charge on any atom is -0.444 e. The number of nitrogens with zero attached hydrogens (tertiary/aromatic N) is 3. The molecule has 6 rings (SSSR count). The van der Waals surface area contributed by atoms with E-state index in [1.807, 2.05) is 6.08 Å². The summed E-state index contributed by atoms with van der Waals surface area (Å²) in [6.45, 7) is 8.28. The molecule has 0 spiro atoms. The summed E-state index contributed by atoms with van der Waals surface area (Å²) in [6.07, 6.45) is 3.96. The number of hydrogen-bond donors (Lipinski definition) is 3. The van der Waals surface area contributed by atoms with Crippen LogP contribution in [0.25, 0.3) is 0 Å². The molecule has 3 fully saturated rings. The summed E-state index contributed by atoms with van der Waals surface area (Å²) in [4.78, 5) is 86.4. The summed E-state index contributed by atoms with van der Waals surface area (Å²) < 4.78 is 53.7. The van der Waals surface area contributed by atoms with E-state index in [2.05, 4.69) is 21.9 Å². The summed E-state index contributed by atoms with van der Waals surface area (Å²) in [5.74, 6) is -3.88. The average Bonchev–Trinajstić information content (AvgIpc) is 4.02. The van der Waals surface area contributed by atoms with Crippen LogP contribution in [0.1, 0.15) is 83.3 Å². The molecule has 3 heterocycles. The lowest BCUT2D eigenvalue weighted by atomic mass is 9.98. The fourth-order valence-electron chi connectivity index (χ4n) is 7.74. The Morgan fingerprint density at radius 1 is 1.11 bits per heavy atom. The molecule has 2 aliphatic carbocycles. The zero-order chi connectivity index (χ0) is 41.4. The SMILES string of the molecule is C=CC(=O)N(C)C1CCC/C=C\[C@@H]2C[C@@]2(C(=O)NS(=O)(=O)C2CC2)NC(=O)C2C[C@@H](OC(=O)N3Cc4cccc(F)c4C3)CN2C(=O)[C@@H](NC(=O)OC(C)(C)C)C1. The number of alkyl carbamates (subject to hydrolysis) is 1. The largest absolute Gasteiger partial charge is 0.444 e. The third-order valence-electron chi connectivity index (χ3n) is 11.1. The number of amides is 6. The molecule has 5 aliphatic rings. The van der Waals surface area contributed by atoms with Gasteiger partial charge >= 0.3 is 12.2 Å². The van der Waals surface area contributed by atoms with Crippen molar-refractivity contribution in [1.82, 2.24) is 30.1 Å². The number of benzene rings is 1. The predicted octanol–water partition coefficient (Wildman–Crippen LogP) is 2.77. The molecule has 3 aliphatic heterocycles. The molecule has 16 nitrogen and oxygen atoms in total. The fourth-order valence-corrected chi connectivity index (χ4v) is 9.10. The Hall–Kier alpha value is -5.00. The Morgan fingerprint density at radius 2 is 1.84 bits per heavy atom. The van der Waals surface area contributed by atoms with Crippen LogP contribution in [-0.4, -0.2) is 113 Å². The van der Waals surface area contributed by atoms with Gasteiger partial charge in [-0.1, -0.05) is 30.9 Å². The molecule has 2 unspecified atom stereocenters. The van der Waals surface area contributed by atoms with Crippen molar-refractivity contribution in [1.29, 1.82) is 0 Å². The summed E-state index contributed by atoms with van der Waals surface area (Å²) in [5.41, 5.74) is -1.61. The van der Waals surface area contributed by atoms with Gasteiger partial charge < -0.3 is 29.9 Å². The van der Waals surface area contributed by atoms with Gasteiger partial charge in [0.1, 0.15) is 35.1 Å². The lowest BCUT2D eigenvalue weighted by molar-refractivity contribution is -0.141. The van der Waals surface area contributed by atoms with Gasteiger partial charge in [-0.3, -0.25) is 28.8 Å². The number of fused-ring (bicyclic) bond motifs is 3. The summed E-state index contributed by atoms with van der Waals surface area (Å²) in [5, 5.41) is 4.71. The second-order valence-electron chi connectivity index (χ2n) is 16.5. The number of rotatable bonds is 7. The standard InChI is InChI=1S/C39H51FN6O10S/c1-6-32(47)44(5)25-13-9-7-8-12-24-19-39(24,35(50)43-57(53,54)27-15-16-27)42-33(48)31-18-26(55-37(52)45-20-23-11-10-14-29(40)28(23)22-45)21-46(31)34(49)30(17-25)41-36(51)56-38(2,3)4/h6,8,10-12,14,24-27,30-31H,1,7,9,13,15-22H2,2-5H3,(H,41,51)(H,42,48)(H,43,50)/b12-8-/t24-,25?,26-,30+,31?,39-/m1/s1. The van der Waals surface area contributed by atoms with Crippen molar-refractivity contribution >= 4 is 45.8 Å². The first kappa shape index (κ1) is 41.6. The summed E-state index contributed by atoms with van der Waals surface area (Å²) >= 11 is 0. The van der Waals surface area contributed by atoms with Crippen LogP contribution in [0.3, 0.4) is 0 Å². The average molecular weight is 815 g/mol. The molecule has 18 heteroatoms. The van der Waals surface area contributed by atoms with E-state index in [0.717, 1.165) is 6.08 Å². The van der Waals surface area contributed by atoms with Gasteiger partial charge in [-0.05, 0) is 83.4 Å². The summed E-state index contributed by atoms with van der Waals surface area (Å²) in [7, 11) is -2.42. The van der Waals surface area contributed by atoms with Crippen LogP contribution in [0.15, 0.2) is 43.0 Å². The molecule has 57 heavy (non-hydrogen) atoms. The Balaban J connectivity index is 1.32. The monoisotopic (exact) mass is 814 g/mol. The highest BCUT2D eigenvalue weighted by Gasteiger charge is 2.62. The number of carbonyl (C=O) groups is 6. The quantitative estimate of drug-likeness (QED) is 0.272. The molecule has 0 aromatic heterocycles. The smallest absolute Gasteiger partial charge is 0.410 e. The van der Waals surface area contributed by atoms with Crippen LogP contribution in [0.5, 0.6) is 0 Å². The number of halogens is 1. The number of hydrogen-bond acceptors (Lipinski definition) is 10. The molecule has 310 valence electrons. The zero-order valence-electron chi connectivity index (χ0n) is 32.6. The van der Waals surface area contributed by atoms with E-state index in [0.29, 0.717) is 43.2 Å². The van der Waals surface area contributed by atoms with Crippen molar-refractivity contribution in [2.24, 2.45) is 5.92 Å². The molecular formula is C39H51FN6O10S. The molecule has 6 atom stereocenters. The second kappa shape index (κ2) is 16.1. The third-order valence-corrected chi connectivity index (χ3v) is 12.9. The van der Waals surface area contributed by atoms with Crippen LogP contribution in [0.2, 0.25) is 0 Å². The fraction of sp³-hybridized carbons (Fsp3) is 0.590. The maximum absolute atomic E-state index is 14.8. The van der Waals surface area contributed by atoms with E-state index in [9.17, 15) is 41.6 Å². The molecule has 0 radical (unpaired) electrons. The van der Waals surface area contributed by atoms with E-state index in [-0.39, 0.29) is 38.9 Å². The summed E-state index contributed by atoms with van der Waals surface area (Å²) in [6, 6.07) is 1.25. The zero-order valence-corrected chi connectivity index (χ0v) is 33.4. The molecule has 6 amide bonds. The van der Waals surface area contributed by atoms with Gasteiger partial charge in [-0.15, -0.1) is 0 Å². The lowest BCUT2D eigenvalue weighted by Crippen LogP contribution is -2.59.